The molecule has 0 aliphatic heterocycles. The van der Waals surface area contributed by atoms with Crippen LogP contribution in [0.3, 0.4) is 0 Å². The molecule has 0 saturated heterocycles. The highest BCUT2D eigenvalue weighted by molar-refractivity contribution is 6.01. The molecule has 1 atom stereocenters. The van der Waals surface area contributed by atoms with Gasteiger partial charge in [-0.25, -0.2) is 0 Å². The van der Waals surface area contributed by atoms with Crippen LogP contribution >= 0.6 is 0 Å². The molecule has 1 unspecified atom stereocenters. The summed E-state index contributed by atoms with van der Waals surface area (Å²) in [5.41, 5.74) is 2.14. The highest BCUT2D eigenvalue weighted by Crippen LogP contribution is 2.40. The molecule has 0 spiro atoms. The number of aliphatic carboxylic acids is 1. The van der Waals surface area contributed by atoms with Gasteiger partial charge >= 0.3 is 11.9 Å². The largest absolute Gasteiger partial charge is 0.481 e. The second kappa shape index (κ2) is 8.60. The van der Waals surface area contributed by atoms with E-state index in [-0.39, 0.29) is 24.0 Å². The van der Waals surface area contributed by atoms with Crippen LogP contribution in [0.4, 0.5) is 0 Å². The molecule has 1 rings (SSSR count). The summed E-state index contributed by atoms with van der Waals surface area (Å²) in [6.45, 7) is 11.3. The summed E-state index contributed by atoms with van der Waals surface area (Å²) in [7, 11) is 0. The predicted octanol–water partition coefficient (Wildman–Crippen LogP) is 3.77. The lowest BCUT2D eigenvalue weighted by molar-refractivity contribution is -0.157. The SMILES string of the molecule is C=CC=C(C)C=CC1=C(C)C(=O)C(OC(=O)CCC(=O)O)CC1(C)C. The van der Waals surface area contributed by atoms with Crippen LogP contribution in [0, 0.1) is 5.41 Å². The van der Waals surface area contributed by atoms with E-state index in [0.717, 1.165) is 11.1 Å². The molecule has 0 aromatic heterocycles. The molecule has 25 heavy (non-hydrogen) atoms. The predicted molar refractivity (Wildman–Crippen MR) is 95.9 cm³/mol. The molecule has 0 radical (unpaired) electrons. The third kappa shape index (κ3) is 5.85. The Hall–Kier alpha value is -2.43. The highest BCUT2D eigenvalue weighted by Gasteiger charge is 2.39. The van der Waals surface area contributed by atoms with Crippen LogP contribution < -0.4 is 0 Å². The van der Waals surface area contributed by atoms with Crippen LogP contribution in [-0.2, 0) is 19.1 Å². The normalized spacial score (nSPS) is 20.7. The first kappa shape index (κ1) is 20.6. The Kier molecular flexibility index (Phi) is 7.09. The standard InChI is InChI=1S/C20H26O5/c1-6-7-13(2)8-9-15-14(3)19(24)16(12-20(15,4)5)25-18(23)11-10-17(21)22/h6-9,16H,1,10-12H2,2-5H3,(H,21,22). The van der Waals surface area contributed by atoms with E-state index in [1.807, 2.05) is 39.0 Å². The van der Waals surface area contributed by atoms with Gasteiger partial charge in [0.25, 0.3) is 0 Å². The minimum Gasteiger partial charge on any atom is -0.481 e. The number of carboxylic acids is 1. The first-order chi connectivity index (χ1) is 11.6. The number of carbonyl (C=O) groups excluding carboxylic acids is 2. The lowest BCUT2D eigenvalue weighted by Gasteiger charge is -2.36. The highest BCUT2D eigenvalue weighted by atomic mass is 16.5. The number of esters is 1. The molecule has 1 aliphatic rings. The van der Waals surface area contributed by atoms with Crippen LogP contribution in [0.2, 0.25) is 0 Å². The van der Waals surface area contributed by atoms with Gasteiger partial charge in [-0.05, 0) is 30.4 Å². The number of ketones is 1. The van der Waals surface area contributed by atoms with Crippen molar-refractivity contribution in [2.45, 2.75) is 53.1 Å². The molecule has 0 aromatic carbocycles. The minimum absolute atomic E-state index is 0.229. The van der Waals surface area contributed by atoms with Crippen molar-refractivity contribution >= 4 is 17.7 Å². The van der Waals surface area contributed by atoms with Gasteiger partial charge in [-0.15, -0.1) is 0 Å². The summed E-state index contributed by atoms with van der Waals surface area (Å²) in [5, 5.41) is 8.62. The maximum atomic E-state index is 12.6. The first-order valence-corrected chi connectivity index (χ1v) is 8.22. The molecule has 1 aliphatic carbocycles. The van der Waals surface area contributed by atoms with Gasteiger partial charge in [0, 0.05) is 6.42 Å². The van der Waals surface area contributed by atoms with E-state index in [1.54, 1.807) is 13.0 Å². The zero-order valence-electron chi connectivity index (χ0n) is 15.3. The van der Waals surface area contributed by atoms with Gasteiger partial charge in [0.05, 0.1) is 12.8 Å². The fraction of sp³-hybridized carbons (Fsp3) is 0.450. The van der Waals surface area contributed by atoms with Crippen LogP contribution in [0.1, 0.15) is 47.0 Å². The summed E-state index contributed by atoms with van der Waals surface area (Å²) >= 11 is 0. The smallest absolute Gasteiger partial charge is 0.307 e. The van der Waals surface area contributed by atoms with Crippen molar-refractivity contribution in [1.29, 1.82) is 0 Å². The van der Waals surface area contributed by atoms with Gasteiger partial charge in [0.15, 0.2) is 11.9 Å². The molecule has 5 heteroatoms. The Morgan fingerprint density at radius 3 is 2.56 bits per heavy atom. The molecule has 0 aromatic rings. The fourth-order valence-corrected chi connectivity index (χ4v) is 2.88. The van der Waals surface area contributed by atoms with E-state index in [2.05, 4.69) is 6.58 Å². The number of carbonyl (C=O) groups is 3. The van der Waals surface area contributed by atoms with Crippen molar-refractivity contribution in [3.63, 3.8) is 0 Å². The van der Waals surface area contributed by atoms with E-state index in [0.29, 0.717) is 12.0 Å². The Morgan fingerprint density at radius 1 is 1.36 bits per heavy atom. The van der Waals surface area contributed by atoms with Gasteiger partial charge in [0.2, 0.25) is 0 Å². The van der Waals surface area contributed by atoms with Gasteiger partial charge in [-0.1, -0.05) is 50.3 Å². The number of ether oxygens (including phenoxy) is 1. The number of allylic oxidation sites excluding steroid dienone is 6. The molecule has 0 heterocycles. The monoisotopic (exact) mass is 346 g/mol. The summed E-state index contributed by atoms with van der Waals surface area (Å²) in [4.78, 5) is 34.8. The van der Waals surface area contributed by atoms with Crippen LogP contribution in [0.5, 0.6) is 0 Å². The maximum Gasteiger partial charge on any atom is 0.307 e. The molecular weight excluding hydrogens is 320 g/mol. The van der Waals surface area contributed by atoms with E-state index >= 15 is 0 Å². The van der Waals surface area contributed by atoms with Gasteiger partial charge in [-0.3, -0.25) is 14.4 Å². The topological polar surface area (TPSA) is 80.7 Å². The fourth-order valence-electron chi connectivity index (χ4n) is 2.88. The van der Waals surface area contributed by atoms with E-state index in [1.165, 1.54) is 0 Å². The maximum absolute atomic E-state index is 12.6. The summed E-state index contributed by atoms with van der Waals surface area (Å²) < 4.78 is 5.24. The number of rotatable bonds is 7. The number of hydrogen-bond donors (Lipinski definition) is 1. The van der Waals surface area contributed by atoms with Gasteiger partial charge < -0.3 is 9.84 Å². The molecule has 0 amide bonds. The molecule has 136 valence electrons. The average molecular weight is 346 g/mol. The van der Waals surface area contributed by atoms with E-state index < -0.39 is 18.0 Å². The van der Waals surface area contributed by atoms with Crippen molar-refractivity contribution in [1.82, 2.24) is 0 Å². The zero-order chi connectivity index (χ0) is 19.2. The Labute approximate surface area is 148 Å². The summed E-state index contributed by atoms with van der Waals surface area (Å²) in [6.07, 6.45) is 6.38. The third-order valence-electron chi connectivity index (χ3n) is 4.20. The molecule has 5 nitrogen and oxygen atoms in total. The molecule has 1 N–H and O–H groups in total. The third-order valence-corrected chi connectivity index (χ3v) is 4.20. The quantitative estimate of drug-likeness (QED) is 0.561. The van der Waals surface area contributed by atoms with Crippen molar-refractivity contribution in [3.05, 3.63) is 47.6 Å². The van der Waals surface area contributed by atoms with Crippen LogP contribution in [-0.4, -0.2) is 28.9 Å². The summed E-state index contributed by atoms with van der Waals surface area (Å²) in [5.74, 6) is -1.96. The zero-order valence-corrected chi connectivity index (χ0v) is 15.3. The number of Topliss-reactive ketones (excluding diaryl/α,β-unsaturated/α-hetero) is 1. The Bertz CT molecular complexity index is 662. The van der Waals surface area contributed by atoms with Crippen molar-refractivity contribution in [2.75, 3.05) is 0 Å². The number of carboxylic acid groups (broad SMARTS) is 1. The number of hydrogen-bond acceptors (Lipinski definition) is 4. The van der Waals surface area contributed by atoms with Gasteiger partial charge in [-0.2, -0.15) is 0 Å². The van der Waals surface area contributed by atoms with E-state index in [9.17, 15) is 14.4 Å². The second-order valence-electron chi connectivity index (χ2n) is 6.84. The lowest BCUT2D eigenvalue weighted by atomic mass is 9.71. The van der Waals surface area contributed by atoms with E-state index in [4.69, 9.17) is 9.84 Å². The van der Waals surface area contributed by atoms with Crippen molar-refractivity contribution < 1.29 is 24.2 Å². The first-order valence-electron chi connectivity index (χ1n) is 8.22. The van der Waals surface area contributed by atoms with Crippen LogP contribution in [0.15, 0.2) is 47.6 Å². The second-order valence-corrected chi connectivity index (χ2v) is 6.84. The summed E-state index contributed by atoms with van der Waals surface area (Å²) in [6, 6.07) is 0. The molecule has 0 bridgehead atoms. The van der Waals surface area contributed by atoms with Crippen molar-refractivity contribution in [2.24, 2.45) is 5.41 Å². The average Bonchev–Trinajstić information content (AvgIpc) is 2.50. The Balaban J connectivity index is 2.98. The van der Waals surface area contributed by atoms with Crippen LogP contribution in [0.25, 0.3) is 0 Å². The lowest BCUT2D eigenvalue weighted by Crippen LogP contribution is -2.39. The van der Waals surface area contributed by atoms with Crippen molar-refractivity contribution in [3.8, 4) is 0 Å². The minimum atomic E-state index is -1.07. The molecular formula is C20H26O5. The Morgan fingerprint density at radius 2 is 2.00 bits per heavy atom. The molecule has 0 fully saturated rings. The molecule has 0 saturated carbocycles. The van der Waals surface area contributed by atoms with Gasteiger partial charge in [0.1, 0.15) is 0 Å².